The molecule has 1 amide bonds. The smallest absolute Gasteiger partial charge is 0.243 e. The lowest BCUT2D eigenvalue weighted by molar-refractivity contribution is -0.117. The Balaban J connectivity index is 1.56. The SMILES string of the molecule is Cc1ccc(-c2sc(NC(=O)CC3CCCC3)nc2C)cc1S(=O)(=O)N1CC[C@@H](O)C1. The fourth-order valence-electron chi connectivity index (χ4n) is 4.45. The van der Waals surface area contributed by atoms with Crippen molar-refractivity contribution in [2.75, 3.05) is 18.4 Å². The van der Waals surface area contributed by atoms with Crippen molar-refractivity contribution in [1.82, 2.24) is 9.29 Å². The normalized spacial score (nSPS) is 20.4. The molecule has 1 aromatic heterocycles. The van der Waals surface area contributed by atoms with Crippen LogP contribution in [0.2, 0.25) is 0 Å². The summed E-state index contributed by atoms with van der Waals surface area (Å²) in [5.74, 6) is 0.460. The second-order valence-electron chi connectivity index (χ2n) is 8.62. The van der Waals surface area contributed by atoms with E-state index in [1.165, 1.54) is 28.5 Å². The summed E-state index contributed by atoms with van der Waals surface area (Å²) in [6.07, 6.45) is 5.01. The molecule has 2 aliphatic rings. The van der Waals surface area contributed by atoms with Gasteiger partial charge in [0.1, 0.15) is 0 Å². The highest BCUT2D eigenvalue weighted by Crippen LogP contribution is 2.36. The highest BCUT2D eigenvalue weighted by atomic mass is 32.2. The lowest BCUT2D eigenvalue weighted by atomic mass is 10.0. The number of rotatable bonds is 6. The number of thiazole rings is 1. The van der Waals surface area contributed by atoms with Gasteiger partial charge >= 0.3 is 0 Å². The number of anilines is 1. The Kier molecular flexibility index (Phi) is 6.48. The standard InChI is InChI=1S/C22H29N3O4S2/c1-14-7-8-17(12-19(14)31(28,29)25-10-9-18(26)13-25)21-15(2)23-22(30-21)24-20(27)11-16-5-3-4-6-16/h7-8,12,16,18,26H,3-6,9-11,13H2,1-2H3,(H,23,24,27)/t18-/m1/s1. The average Bonchev–Trinajstić information content (AvgIpc) is 3.44. The number of aromatic nitrogens is 1. The summed E-state index contributed by atoms with van der Waals surface area (Å²) in [5, 5.41) is 13.2. The number of hydrogen-bond donors (Lipinski definition) is 2. The first-order chi connectivity index (χ1) is 14.7. The summed E-state index contributed by atoms with van der Waals surface area (Å²) in [6, 6.07) is 5.37. The van der Waals surface area contributed by atoms with Crippen molar-refractivity contribution in [3.05, 3.63) is 29.5 Å². The van der Waals surface area contributed by atoms with Crippen molar-refractivity contribution in [1.29, 1.82) is 0 Å². The van der Waals surface area contributed by atoms with E-state index in [2.05, 4.69) is 10.3 Å². The van der Waals surface area contributed by atoms with E-state index in [1.807, 2.05) is 13.0 Å². The van der Waals surface area contributed by atoms with Crippen LogP contribution in [0.4, 0.5) is 5.13 Å². The molecule has 1 aliphatic carbocycles. The van der Waals surface area contributed by atoms with Crippen LogP contribution in [0.15, 0.2) is 23.1 Å². The van der Waals surface area contributed by atoms with Crippen LogP contribution in [0.25, 0.3) is 10.4 Å². The molecule has 2 heterocycles. The molecule has 0 unspecified atom stereocenters. The van der Waals surface area contributed by atoms with E-state index in [-0.39, 0.29) is 17.3 Å². The number of aliphatic hydroxyl groups is 1. The van der Waals surface area contributed by atoms with Gasteiger partial charge in [-0.15, -0.1) is 0 Å². The first kappa shape index (κ1) is 22.4. The van der Waals surface area contributed by atoms with Gasteiger partial charge in [0.15, 0.2) is 5.13 Å². The maximum absolute atomic E-state index is 13.1. The van der Waals surface area contributed by atoms with E-state index < -0.39 is 16.1 Å². The first-order valence-corrected chi connectivity index (χ1v) is 13.1. The molecule has 9 heteroatoms. The van der Waals surface area contributed by atoms with E-state index in [9.17, 15) is 18.3 Å². The van der Waals surface area contributed by atoms with Crippen LogP contribution in [-0.2, 0) is 14.8 Å². The van der Waals surface area contributed by atoms with Crippen LogP contribution in [0.5, 0.6) is 0 Å². The number of carbonyl (C=O) groups is 1. The maximum Gasteiger partial charge on any atom is 0.243 e. The van der Waals surface area contributed by atoms with E-state index in [0.29, 0.717) is 36.0 Å². The Bertz CT molecular complexity index is 1070. The number of amides is 1. The van der Waals surface area contributed by atoms with Gasteiger partial charge in [0.05, 0.1) is 21.6 Å². The van der Waals surface area contributed by atoms with Crippen LogP contribution in [0.1, 0.15) is 49.8 Å². The quantitative estimate of drug-likeness (QED) is 0.680. The minimum absolute atomic E-state index is 0.00744. The van der Waals surface area contributed by atoms with Gasteiger partial charge in [-0.1, -0.05) is 36.3 Å². The number of sulfonamides is 1. The molecule has 31 heavy (non-hydrogen) atoms. The Morgan fingerprint density at radius 1 is 1.26 bits per heavy atom. The monoisotopic (exact) mass is 463 g/mol. The molecule has 0 spiro atoms. The van der Waals surface area contributed by atoms with Gasteiger partial charge in [-0.2, -0.15) is 4.31 Å². The summed E-state index contributed by atoms with van der Waals surface area (Å²) in [7, 11) is -3.68. The third-order valence-electron chi connectivity index (χ3n) is 6.19. The Morgan fingerprint density at radius 2 is 2.00 bits per heavy atom. The van der Waals surface area contributed by atoms with E-state index in [4.69, 9.17) is 0 Å². The molecule has 2 aromatic rings. The summed E-state index contributed by atoms with van der Waals surface area (Å²) in [5.41, 5.74) is 2.18. The molecule has 1 saturated heterocycles. The number of carbonyl (C=O) groups excluding carboxylic acids is 1. The van der Waals surface area contributed by atoms with Crippen molar-refractivity contribution in [2.45, 2.75) is 63.4 Å². The van der Waals surface area contributed by atoms with Crippen molar-refractivity contribution >= 4 is 32.4 Å². The Hall–Kier alpha value is -1.81. The topological polar surface area (TPSA) is 99.6 Å². The molecule has 7 nitrogen and oxygen atoms in total. The molecular formula is C22H29N3O4S2. The summed E-state index contributed by atoms with van der Waals surface area (Å²) < 4.78 is 27.6. The van der Waals surface area contributed by atoms with Gasteiger partial charge in [0.25, 0.3) is 0 Å². The minimum Gasteiger partial charge on any atom is -0.392 e. The number of hydrogen-bond acceptors (Lipinski definition) is 6. The van der Waals surface area contributed by atoms with Crippen molar-refractivity contribution in [3.63, 3.8) is 0 Å². The number of nitrogens with zero attached hydrogens (tertiary/aromatic N) is 2. The summed E-state index contributed by atoms with van der Waals surface area (Å²) in [6.45, 7) is 4.09. The van der Waals surface area contributed by atoms with Crippen molar-refractivity contribution in [2.24, 2.45) is 5.92 Å². The van der Waals surface area contributed by atoms with Crippen LogP contribution in [-0.4, -0.2) is 47.9 Å². The van der Waals surface area contributed by atoms with Crippen LogP contribution in [0.3, 0.4) is 0 Å². The number of β-amino-alcohol motifs (C(OH)–C–C–N with tert-alkyl or cyclic N) is 1. The van der Waals surface area contributed by atoms with E-state index >= 15 is 0 Å². The van der Waals surface area contributed by atoms with E-state index in [1.54, 1.807) is 19.1 Å². The van der Waals surface area contributed by atoms with Gasteiger partial charge in [0, 0.05) is 19.5 Å². The van der Waals surface area contributed by atoms with Gasteiger partial charge in [0.2, 0.25) is 15.9 Å². The molecule has 2 N–H and O–H groups in total. The third kappa shape index (κ3) is 4.84. The lowest BCUT2D eigenvalue weighted by Crippen LogP contribution is -2.30. The second-order valence-corrected chi connectivity index (χ2v) is 11.5. The van der Waals surface area contributed by atoms with Crippen LogP contribution >= 0.6 is 11.3 Å². The molecule has 1 aliphatic heterocycles. The highest BCUT2D eigenvalue weighted by Gasteiger charge is 2.33. The molecule has 4 rings (SSSR count). The maximum atomic E-state index is 13.1. The zero-order valence-corrected chi connectivity index (χ0v) is 19.6. The summed E-state index contributed by atoms with van der Waals surface area (Å²) >= 11 is 1.37. The third-order valence-corrected chi connectivity index (χ3v) is 9.32. The van der Waals surface area contributed by atoms with Crippen LogP contribution < -0.4 is 5.32 Å². The fraction of sp³-hybridized carbons (Fsp3) is 0.545. The van der Waals surface area contributed by atoms with Gasteiger partial charge in [-0.25, -0.2) is 13.4 Å². The number of aliphatic hydroxyl groups excluding tert-OH is 1. The van der Waals surface area contributed by atoms with Crippen molar-refractivity contribution in [3.8, 4) is 10.4 Å². The molecular weight excluding hydrogens is 434 g/mol. The van der Waals surface area contributed by atoms with Gasteiger partial charge in [-0.3, -0.25) is 4.79 Å². The largest absolute Gasteiger partial charge is 0.392 e. The molecule has 1 saturated carbocycles. The Morgan fingerprint density at radius 3 is 2.68 bits per heavy atom. The van der Waals surface area contributed by atoms with Crippen LogP contribution in [0, 0.1) is 19.8 Å². The average molecular weight is 464 g/mol. The lowest BCUT2D eigenvalue weighted by Gasteiger charge is -2.18. The predicted molar refractivity (Wildman–Crippen MR) is 122 cm³/mol. The highest BCUT2D eigenvalue weighted by molar-refractivity contribution is 7.89. The molecule has 1 atom stereocenters. The zero-order valence-electron chi connectivity index (χ0n) is 17.9. The molecule has 0 radical (unpaired) electrons. The van der Waals surface area contributed by atoms with Crippen molar-refractivity contribution < 1.29 is 18.3 Å². The fourth-order valence-corrected chi connectivity index (χ4v) is 7.17. The molecule has 1 aromatic carbocycles. The second kappa shape index (κ2) is 8.97. The summed E-state index contributed by atoms with van der Waals surface area (Å²) in [4.78, 5) is 18.0. The Labute approximate surface area is 187 Å². The number of benzene rings is 1. The van der Waals surface area contributed by atoms with Gasteiger partial charge in [-0.05, 0) is 56.2 Å². The van der Waals surface area contributed by atoms with E-state index in [0.717, 1.165) is 29.0 Å². The molecule has 0 bridgehead atoms. The molecule has 2 fully saturated rings. The predicted octanol–water partition coefficient (Wildman–Crippen LogP) is 3.70. The zero-order chi connectivity index (χ0) is 22.2. The molecule has 168 valence electrons. The first-order valence-electron chi connectivity index (χ1n) is 10.8. The number of aryl methyl sites for hydroxylation is 2. The minimum atomic E-state index is -3.68. The van der Waals surface area contributed by atoms with Gasteiger partial charge < -0.3 is 10.4 Å². The number of nitrogens with one attached hydrogen (secondary N) is 1.